The molecule has 0 saturated heterocycles. The Morgan fingerprint density at radius 1 is 1.24 bits per heavy atom. The Labute approximate surface area is 224 Å². The van der Waals surface area contributed by atoms with E-state index in [1.807, 2.05) is 0 Å². The van der Waals surface area contributed by atoms with E-state index in [-0.39, 0.29) is 58.9 Å². The van der Waals surface area contributed by atoms with Crippen molar-refractivity contribution >= 4 is 28.7 Å². The third-order valence-electron chi connectivity index (χ3n) is 5.28. The molecule has 0 saturated carbocycles. The van der Waals surface area contributed by atoms with Crippen LogP contribution in [-0.4, -0.2) is 39.1 Å². The third-order valence-corrected chi connectivity index (χ3v) is 6.80. The van der Waals surface area contributed by atoms with Crippen LogP contribution in [0.2, 0.25) is 0 Å². The number of hydrogen-bond donors (Lipinski definition) is 2. The molecule has 2 rings (SSSR count). The summed E-state index contributed by atoms with van der Waals surface area (Å²) in [5.74, 6) is -2.32. The second-order valence-electron chi connectivity index (χ2n) is 9.34. The van der Waals surface area contributed by atoms with E-state index in [9.17, 15) is 19.2 Å². The largest absolute Gasteiger partial charge is 0.598 e. The van der Waals surface area contributed by atoms with Crippen LogP contribution >= 0.6 is 0 Å². The highest BCUT2D eigenvalue weighted by Gasteiger charge is 2.27. The highest BCUT2D eigenvalue weighted by atomic mass is 32.2. The van der Waals surface area contributed by atoms with Gasteiger partial charge in [0.2, 0.25) is 0 Å². The highest BCUT2D eigenvalue weighted by molar-refractivity contribution is 7.90. The van der Waals surface area contributed by atoms with Crippen LogP contribution in [0, 0.1) is 5.82 Å². The third kappa shape index (κ3) is 8.68. The second-order valence-corrected chi connectivity index (χ2v) is 11.4. The molecule has 0 bridgehead atoms. The van der Waals surface area contributed by atoms with Gasteiger partial charge in [-0.3, -0.25) is 9.59 Å². The summed E-state index contributed by atoms with van der Waals surface area (Å²) in [6.45, 7) is 11.8. The predicted octanol–water partition coefficient (Wildman–Crippen LogP) is 5.52. The van der Waals surface area contributed by atoms with E-state index >= 15 is 8.78 Å². The van der Waals surface area contributed by atoms with E-state index in [1.165, 1.54) is 43.3 Å². The van der Waals surface area contributed by atoms with E-state index < -0.39 is 40.0 Å². The van der Waals surface area contributed by atoms with Gasteiger partial charge in [-0.15, -0.1) is 4.72 Å². The predicted molar refractivity (Wildman–Crippen MR) is 143 cm³/mol. The lowest BCUT2D eigenvalue weighted by atomic mass is 10.0. The number of benzene rings is 2. The molecule has 0 aliphatic heterocycles. The normalized spacial score (nSPS) is 13.5. The van der Waals surface area contributed by atoms with Crippen LogP contribution < -0.4 is 9.46 Å². The Bertz CT molecular complexity index is 1210. The first-order valence-electron chi connectivity index (χ1n) is 11.9. The molecule has 38 heavy (non-hydrogen) atoms. The molecule has 0 aliphatic rings. The zero-order chi connectivity index (χ0) is 28.6. The van der Waals surface area contributed by atoms with E-state index in [0.717, 1.165) is 6.08 Å². The monoisotopic (exact) mass is 549 g/mol. The molecule has 0 aromatic heterocycles. The van der Waals surface area contributed by atoms with Crippen LogP contribution in [0.15, 0.2) is 54.8 Å². The van der Waals surface area contributed by atoms with Crippen LogP contribution in [-0.2, 0) is 33.9 Å². The topological polar surface area (TPSA) is 108 Å². The zero-order valence-corrected chi connectivity index (χ0v) is 22.9. The van der Waals surface area contributed by atoms with E-state index in [4.69, 9.17) is 9.47 Å². The standard InChI is InChI=1S/C28H33F2NO6S/c1-7-36-26(34)14-20-12-11-19(17(2)32)13-24(20)37-25(29)15-23(18(3)33)22-10-8-9-21(27(22)30)16-31-38(35)28(4,5)6/h8-13,15,25,31,33H,3,7,14,16H2,1-2,4-6H3/b23-15+. The van der Waals surface area contributed by atoms with Crippen LogP contribution in [0.5, 0.6) is 5.75 Å². The summed E-state index contributed by atoms with van der Waals surface area (Å²) < 4.78 is 55.3. The van der Waals surface area contributed by atoms with Crippen molar-refractivity contribution < 1.29 is 37.5 Å². The Balaban J connectivity index is 2.38. The number of rotatable bonds is 12. The molecule has 0 spiro atoms. The number of ether oxygens (including phenoxy) is 2. The number of halogens is 2. The number of carbonyl (C=O) groups is 2. The number of aliphatic hydroxyl groups is 1. The number of allylic oxidation sites excluding steroid dienone is 1. The molecule has 0 fully saturated rings. The van der Waals surface area contributed by atoms with Crippen molar-refractivity contribution in [1.29, 1.82) is 0 Å². The quantitative estimate of drug-likeness (QED) is 0.118. The second kappa shape index (κ2) is 13.5. The van der Waals surface area contributed by atoms with E-state index in [2.05, 4.69) is 11.3 Å². The summed E-state index contributed by atoms with van der Waals surface area (Å²) in [7, 11) is 0. The molecular weight excluding hydrogens is 516 g/mol. The van der Waals surface area contributed by atoms with Gasteiger partial charge in [0.1, 0.15) is 22.1 Å². The van der Waals surface area contributed by atoms with Gasteiger partial charge in [-0.2, -0.15) is 4.39 Å². The molecule has 10 heteroatoms. The van der Waals surface area contributed by atoms with Gasteiger partial charge in [0.15, 0.2) is 5.78 Å². The maximum atomic E-state index is 15.3. The minimum absolute atomic E-state index is 0.0701. The van der Waals surface area contributed by atoms with Gasteiger partial charge >= 0.3 is 5.97 Å². The van der Waals surface area contributed by atoms with Crippen LogP contribution in [0.3, 0.4) is 0 Å². The fourth-order valence-electron chi connectivity index (χ4n) is 3.31. The summed E-state index contributed by atoms with van der Waals surface area (Å²) in [6, 6.07) is 8.56. The molecule has 0 aliphatic carbocycles. The lowest BCUT2D eigenvalue weighted by Gasteiger charge is -2.23. The number of nitrogens with one attached hydrogen (secondary N) is 1. The number of hydrogen-bond acceptors (Lipinski definition) is 7. The molecule has 2 N–H and O–H groups in total. The Kier molecular flexibility index (Phi) is 11.1. The van der Waals surface area contributed by atoms with Gasteiger partial charge in [0, 0.05) is 39.2 Å². The molecule has 2 unspecified atom stereocenters. The van der Waals surface area contributed by atoms with Crippen molar-refractivity contribution in [3.63, 3.8) is 0 Å². The van der Waals surface area contributed by atoms with Gasteiger partial charge in [-0.25, -0.2) is 4.39 Å². The van der Waals surface area contributed by atoms with E-state index in [0.29, 0.717) is 0 Å². The molecule has 0 amide bonds. The minimum Gasteiger partial charge on any atom is -0.598 e. The van der Waals surface area contributed by atoms with Gasteiger partial charge in [0.25, 0.3) is 6.36 Å². The first-order chi connectivity index (χ1) is 17.7. The zero-order valence-electron chi connectivity index (χ0n) is 22.1. The molecule has 0 radical (unpaired) electrons. The molecule has 206 valence electrons. The Hall–Kier alpha value is -3.21. The van der Waals surface area contributed by atoms with Gasteiger partial charge in [0.05, 0.1) is 19.6 Å². The Morgan fingerprint density at radius 3 is 2.50 bits per heavy atom. The highest BCUT2D eigenvalue weighted by Crippen LogP contribution is 2.29. The minimum atomic E-state index is -2.22. The first kappa shape index (κ1) is 31.0. The summed E-state index contributed by atoms with van der Waals surface area (Å²) in [4.78, 5) is 23.8. The number of Topliss-reactive ketones (excluding diaryl/α,β-unsaturated/α-hetero) is 1. The number of ketones is 1. The fourth-order valence-corrected chi connectivity index (χ4v) is 4.03. The summed E-state index contributed by atoms with van der Waals surface area (Å²) in [6.07, 6.45) is -1.61. The molecule has 2 aromatic rings. The molecular formula is C28H33F2NO6S. The maximum absolute atomic E-state index is 15.3. The van der Waals surface area contributed by atoms with Crippen molar-refractivity contribution in [2.45, 2.75) is 58.7 Å². The summed E-state index contributed by atoms with van der Waals surface area (Å²) in [5.41, 5.74) is 0.251. The first-order valence-corrected chi connectivity index (χ1v) is 13.0. The van der Waals surface area contributed by atoms with Gasteiger partial charge in [-0.05, 0) is 46.8 Å². The number of esters is 1. The smallest absolute Gasteiger partial charge is 0.310 e. The van der Waals surface area contributed by atoms with Gasteiger partial charge < -0.3 is 19.1 Å². The number of aliphatic hydroxyl groups excluding tert-OH is 1. The summed E-state index contributed by atoms with van der Waals surface area (Å²) >= 11 is -1.45. The average molecular weight is 550 g/mol. The number of alkyl halides is 1. The lowest BCUT2D eigenvalue weighted by molar-refractivity contribution is -0.142. The SMILES string of the molecule is C=C(O)/C(=C\C(F)Oc1cc(C(C)=O)ccc1CC(=O)OCC)c1cccc(CN[S+]([O-])C(C)(C)C)c1F. The molecule has 2 atom stereocenters. The van der Waals surface area contributed by atoms with Crippen molar-refractivity contribution in [3.8, 4) is 5.75 Å². The Morgan fingerprint density at radius 2 is 1.92 bits per heavy atom. The summed E-state index contributed by atoms with van der Waals surface area (Å²) in [5, 5.41) is 10.1. The van der Waals surface area contributed by atoms with Crippen molar-refractivity contribution in [2.75, 3.05) is 6.61 Å². The van der Waals surface area contributed by atoms with Gasteiger partial charge in [-0.1, -0.05) is 36.9 Å². The average Bonchev–Trinajstić information content (AvgIpc) is 2.82. The fraction of sp³-hybridized carbons (Fsp3) is 0.357. The van der Waals surface area contributed by atoms with Crippen LogP contribution in [0.25, 0.3) is 5.57 Å². The van der Waals surface area contributed by atoms with Crippen LogP contribution in [0.1, 0.15) is 61.7 Å². The maximum Gasteiger partial charge on any atom is 0.310 e. The van der Waals surface area contributed by atoms with Crippen molar-refractivity contribution in [2.24, 2.45) is 0 Å². The van der Waals surface area contributed by atoms with Crippen molar-refractivity contribution in [1.82, 2.24) is 4.72 Å². The molecule has 7 nitrogen and oxygen atoms in total. The molecule has 2 aromatic carbocycles. The molecule has 0 heterocycles. The lowest BCUT2D eigenvalue weighted by Crippen LogP contribution is -2.39. The van der Waals surface area contributed by atoms with Crippen LogP contribution in [0.4, 0.5) is 8.78 Å². The van der Waals surface area contributed by atoms with Crippen molar-refractivity contribution in [3.05, 3.63) is 82.9 Å². The van der Waals surface area contributed by atoms with E-state index in [1.54, 1.807) is 27.7 Å². The number of carbonyl (C=O) groups excluding carboxylic acids is 2.